The fourth-order valence-corrected chi connectivity index (χ4v) is 4.15. The largest absolute Gasteiger partial charge is 0.483 e. The molecule has 1 heterocycles. The van der Waals surface area contributed by atoms with Gasteiger partial charge in [-0.15, -0.1) is 10.2 Å². The molecule has 3 aromatic rings. The van der Waals surface area contributed by atoms with Gasteiger partial charge in [0.25, 0.3) is 0 Å². The lowest BCUT2D eigenvalue weighted by Crippen LogP contribution is -2.16. The summed E-state index contributed by atoms with van der Waals surface area (Å²) in [4.78, 5) is 12.4. The third kappa shape index (κ3) is 6.44. The highest BCUT2D eigenvalue weighted by Gasteiger charge is 2.31. The molecule has 6 nitrogen and oxygen atoms in total. The van der Waals surface area contributed by atoms with Gasteiger partial charge in [0.2, 0.25) is 5.91 Å². The summed E-state index contributed by atoms with van der Waals surface area (Å²) < 4.78 is 46.6. The van der Waals surface area contributed by atoms with Crippen LogP contribution in [0.4, 0.5) is 18.9 Å². The Balaban J connectivity index is 1.65. The van der Waals surface area contributed by atoms with E-state index < -0.39 is 17.6 Å². The second-order valence-electron chi connectivity index (χ2n) is 7.37. The predicted octanol–water partition coefficient (Wildman–Crippen LogP) is 6.40. The highest BCUT2D eigenvalue weighted by molar-refractivity contribution is 7.99. The first kappa shape index (κ1) is 25.9. The van der Waals surface area contributed by atoms with E-state index in [1.807, 2.05) is 42.7 Å². The minimum atomic E-state index is -4.54. The number of nitrogens with zero attached hydrogens (tertiary/aromatic N) is 3. The van der Waals surface area contributed by atoms with Crippen molar-refractivity contribution in [1.82, 2.24) is 14.8 Å². The fourth-order valence-electron chi connectivity index (χ4n) is 3.18. The molecule has 0 spiro atoms. The van der Waals surface area contributed by atoms with E-state index in [2.05, 4.69) is 22.4 Å². The van der Waals surface area contributed by atoms with Crippen LogP contribution in [0, 0.1) is 0 Å². The van der Waals surface area contributed by atoms with Crippen molar-refractivity contribution in [3.8, 4) is 5.75 Å². The molecule has 0 aliphatic rings. The molecule has 3 rings (SSSR count). The van der Waals surface area contributed by atoms with E-state index in [4.69, 9.17) is 16.3 Å². The van der Waals surface area contributed by atoms with E-state index in [0.717, 1.165) is 36.4 Å². The molecule has 1 N–H and O–H groups in total. The van der Waals surface area contributed by atoms with Crippen LogP contribution in [0.1, 0.15) is 43.8 Å². The highest BCUT2D eigenvalue weighted by atomic mass is 35.5. The van der Waals surface area contributed by atoms with Crippen LogP contribution < -0.4 is 10.1 Å². The lowest BCUT2D eigenvalue weighted by atomic mass is 10.2. The molecular weight excluding hydrogens is 489 g/mol. The van der Waals surface area contributed by atoms with Gasteiger partial charge in [0.1, 0.15) is 5.75 Å². The van der Waals surface area contributed by atoms with E-state index in [1.54, 1.807) is 0 Å². The van der Waals surface area contributed by atoms with Gasteiger partial charge in [-0.05, 0) is 56.2 Å². The molecule has 0 unspecified atom stereocenters. The Morgan fingerprint density at radius 1 is 1.18 bits per heavy atom. The number of carbonyl (C=O) groups excluding carboxylic acids is 1. The molecule has 34 heavy (non-hydrogen) atoms. The second-order valence-corrected chi connectivity index (χ2v) is 8.72. The first-order valence-corrected chi connectivity index (χ1v) is 12.0. The van der Waals surface area contributed by atoms with Crippen molar-refractivity contribution in [2.45, 2.75) is 51.2 Å². The maximum Gasteiger partial charge on any atom is 0.416 e. The second kappa shape index (κ2) is 11.1. The minimum absolute atomic E-state index is 0.0169. The molecule has 1 amide bonds. The maximum absolute atomic E-state index is 12.9. The third-order valence-electron chi connectivity index (χ3n) is 4.97. The number of alkyl halides is 3. The molecule has 1 aromatic heterocycles. The molecule has 2 aromatic carbocycles. The number of benzene rings is 2. The van der Waals surface area contributed by atoms with Crippen LogP contribution >= 0.6 is 23.4 Å². The van der Waals surface area contributed by atoms with Crippen LogP contribution in [0.25, 0.3) is 0 Å². The van der Waals surface area contributed by atoms with Crippen molar-refractivity contribution >= 4 is 35.0 Å². The summed E-state index contributed by atoms with van der Waals surface area (Å²) in [6.07, 6.45) is -3.98. The predicted molar refractivity (Wildman–Crippen MR) is 126 cm³/mol. The fraction of sp³-hybridized carbons (Fsp3) is 0.348. The van der Waals surface area contributed by atoms with Crippen molar-refractivity contribution in [2.75, 3.05) is 11.1 Å². The summed E-state index contributed by atoms with van der Waals surface area (Å²) in [5.74, 6) is 0.713. The summed E-state index contributed by atoms with van der Waals surface area (Å²) in [7, 11) is 0. The number of hydrogen-bond acceptors (Lipinski definition) is 5. The number of ether oxygens (including phenoxy) is 1. The smallest absolute Gasteiger partial charge is 0.416 e. The van der Waals surface area contributed by atoms with Gasteiger partial charge in [0.05, 0.1) is 22.0 Å². The molecule has 0 aliphatic heterocycles. The Morgan fingerprint density at radius 2 is 1.88 bits per heavy atom. The van der Waals surface area contributed by atoms with Crippen LogP contribution in [-0.2, 0) is 23.9 Å². The summed E-state index contributed by atoms with van der Waals surface area (Å²) in [6, 6.07) is 10.6. The number of nitrogens with one attached hydrogen (secondary N) is 1. The van der Waals surface area contributed by atoms with E-state index in [9.17, 15) is 18.0 Å². The number of halogens is 4. The van der Waals surface area contributed by atoms with Crippen LogP contribution in [-0.4, -0.2) is 26.4 Å². The van der Waals surface area contributed by atoms with Gasteiger partial charge in [-0.1, -0.05) is 42.4 Å². The van der Waals surface area contributed by atoms with Crippen molar-refractivity contribution in [3.63, 3.8) is 0 Å². The number of aryl methyl sites for hydroxylation is 1. The highest BCUT2D eigenvalue weighted by Crippen LogP contribution is 2.34. The number of aromatic nitrogens is 3. The number of amides is 1. The number of hydrogen-bond donors (Lipinski definition) is 1. The molecule has 0 bridgehead atoms. The van der Waals surface area contributed by atoms with Crippen molar-refractivity contribution in [3.05, 3.63) is 64.4 Å². The quantitative estimate of drug-likeness (QED) is 0.336. The lowest BCUT2D eigenvalue weighted by molar-refractivity contribution is -0.137. The molecule has 182 valence electrons. The Morgan fingerprint density at radius 3 is 2.50 bits per heavy atom. The van der Waals surface area contributed by atoms with Gasteiger partial charge in [-0.3, -0.25) is 4.79 Å². The van der Waals surface area contributed by atoms with Gasteiger partial charge in [-0.2, -0.15) is 13.2 Å². The Kier molecular flexibility index (Phi) is 8.48. The molecule has 0 radical (unpaired) electrons. The average molecular weight is 513 g/mol. The molecule has 0 fully saturated rings. The normalized spacial score (nSPS) is 12.4. The van der Waals surface area contributed by atoms with Crippen LogP contribution in [0.2, 0.25) is 5.02 Å². The van der Waals surface area contributed by atoms with Crippen molar-refractivity contribution < 1.29 is 22.7 Å². The number of anilines is 1. The van der Waals surface area contributed by atoms with Crippen LogP contribution in [0.5, 0.6) is 5.75 Å². The van der Waals surface area contributed by atoms with Crippen LogP contribution in [0.3, 0.4) is 0 Å². The topological polar surface area (TPSA) is 69.0 Å². The lowest BCUT2D eigenvalue weighted by Gasteiger charge is -2.16. The molecule has 1 atom stereocenters. The maximum atomic E-state index is 12.9. The van der Waals surface area contributed by atoms with E-state index in [0.29, 0.717) is 23.3 Å². The number of carbonyl (C=O) groups is 1. The van der Waals surface area contributed by atoms with Crippen molar-refractivity contribution in [2.24, 2.45) is 0 Å². The standard InChI is InChI=1S/C23H24ClF3N4O2S/c1-4-15-6-9-17(10-7-15)33-14(3)21-29-30-22(31(21)5-2)34-13-20(32)28-19-12-16(23(25,26)27)8-11-18(19)24/h6-12,14H,4-5,13H2,1-3H3,(H,28,32)/t14-/m1/s1. The Hall–Kier alpha value is -2.72. The third-order valence-corrected chi connectivity index (χ3v) is 6.27. The van der Waals surface area contributed by atoms with E-state index >= 15 is 0 Å². The summed E-state index contributed by atoms with van der Waals surface area (Å²) in [6.45, 7) is 6.41. The van der Waals surface area contributed by atoms with Gasteiger partial charge < -0.3 is 14.6 Å². The van der Waals surface area contributed by atoms with Crippen molar-refractivity contribution in [1.29, 1.82) is 0 Å². The number of thioether (sulfide) groups is 1. The molecule has 0 saturated carbocycles. The Labute approximate surface area is 204 Å². The molecular formula is C23H24ClF3N4O2S. The first-order chi connectivity index (χ1) is 16.1. The molecule has 0 saturated heterocycles. The average Bonchev–Trinajstić information content (AvgIpc) is 3.22. The summed E-state index contributed by atoms with van der Waals surface area (Å²) in [5.41, 5.74) is 0.213. The van der Waals surface area contributed by atoms with Gasteiger partial charge in [0.15, 0.2) is 17.1 Å². The minimum Gasteiger partial charge on any atom is -0.483 e. The molecule has 11 heteroatoms. The first-order valence-electron chi connectivity index (χ1n) is 10.6. The molecule has 0 aliphatic carbocycles. The van der Waals surface area contributed by atoms with Gasteiger partial charge in [0, 0.05) is 6.54 Å². The van der Waals surface area contributed by atoms with Crippen LogP contribution in [0.15, 0.2) is 47.6 Å². The summed E-state index contributed by atoms with van der Waals surface area (Å²) >= 11 is 7.07. The van der Waals surface area contributed by atoms with Gasteiger partial charge >= 0.3 is 6.18 Å². The zero-order chi connectivity index (χ0) is 24.9. The van der Waals surface area contributed by atoms with E-state index in [1.165, 1.54) is 5.56 Å². The SMILES string of the molecule is CCc1ccc(O[C@H](C)c2nnc(SCC(=O)Nc3cc(C(F)(F)F)ccc3Cl)n2CC)cc1. The monoisotopic (exact) mass is 512 g/mol. The Bertz CT molecular complexity index is 1140. The zero-order valence-corrected chi connectivity index (χ0v) is 20.4. The van der Waals surface area contributed by atoms with E-state index in [-0.39, 0.29) is 22.6 Å². The summed E-state index contributed by atoms with van der Waals surface area (Å²) in [5, 5.41) is 11.3. The van der Waals surface area contributed by atoms with Gasteiger partial charge in [-0.25, -0.2) is 0 Å². The number of rotatable bonds is 9. The zero-order valence-electron chi connectivity index (χ0n) is 18.8.